The Hall–Kier alpha value is -2.28. The van der Waals surface area contributed by atoms with Crippen molar-refractivity contribution in [1.82, 2.24) is 10.6 Å². The van der Waals surface area contributed by atoms with Crippen molar-refractivity contribution in [1.29, 1.82) is 0 Å². The highest BCUT2D eigenvalue weighted by molar-refractivity contribution is 5.96. The fourth-order valence-electron chi connectivity index (χ4n) is 4.07. The van der Waals surface area contributed by atoms with Crippen LogP contribution in [0.25, 0.3) is 0 Å². The van der Waals surface area contributed by atoms with Crippen LogP contribution in [0.15, 0.2) is 24.3 Å². The summed E-state index contributed by atoms with van der Waals surface area (Å²) >= 11 is 0. The molecule has 27 heavy (non-hydrogen) atoms. The van der Waals surface area contributed by atoms with Gasteiger partial charge in [-0.2, -0.15) is 0 Å². The maximum absolute atomic E-state index is 12.5. The number of anilines is 1. The molecule has 1 aromatic rings. The van der Waals surface area contributed by atoms with E-state index in [1.807, 2.05) is 25.1 Å². The molecule has 1 saturated carbocycles. The van der Waals surface area contributed by atoms with Gasteiger partial charge in [-0.3, -0.25) is 10.1 Å². The average molecular weight is 375 g/mol. The Morgan fingerprint density at radius 2 is 1.81 bits per heavy atom. The number of para-hydroxylation sites is 2. The van der Waals surface area contributed by atoms with Crippen LogP contribution in [-0.2, 0) is 4.79 Å². The Morgan fingerprint density at radius 3 is 2.48 bits per heavy atom. The number of piperazine rings is 1. The Balaban J connectivity index is 1.45. The second-order valence-corrected chi connectivity index (χ2v) is 7.65. The predicted octanol–water partition coefficient (Wildman–Crippen LogP) is 0.644. The van der Waals surface area contributed by atoms with Crippen LogP contribution < -0.4 is 20.4 Å². The number of quaternary nitrogens is 1. The minimum atomic E-state index is -0.369. The summed E-state index contributed by atoms with van der Waals surface area (Å²) in [5, 5.41) is 15.4. The molecule has 7 heteroatoms. The summed E-state index contributed by atoms with van der Waals surface area (Å²) in [6.07, 6.45) is 5.50. The number of urea groups is 1. The van der Waals surface area contributed by atoms with Gasteiger partial charge in [-0.25, -0.2) is 4.79 Å². The van der Waals surface area contributed by atoms with Crippen molar-refractivity contribution in [3.05, 3.63) is 24.3 Å². The van der Waals surface area contributed by atoms with Crippen LogP contribution in [0.3, 0.4) is 0 Å². The van der Waals surface area contributed by atoms with Crippen LogP contribution in [0.4, 0.5) is 10.5 Å². The van der Waals surface area contributed by atoms with E-state index in [0.717, 1.165) is 62.4 Å². The molecule has 0 aromatic heterocycles. The number of phenols is 1. The second-order valence-electron chi connectivity index (χ2n) is 7.65. The summed E-state index contributed by atoms with van der Waals surface area (Å²) in [5.41, 5.74) is 0.834. The predicted molar refractivity (Wildman–Crippen MR) is 104 cm³/mol. The molecule has 0 bridgehead atoms. The van der Waals surface area contributed by atoms with Gasteiger partial charge in [0, 0.05) is 6.04 Å². The lowest BCUT2D eigenvalue weighted by Gasteiger charge is -2.36. The second kappa shape index (κ2) is 9.08. The van der Waals surface area contributed by atoms with Crippen LogP contribution in [0.5, 0.6) is 5.75 Å². The SMILES string of the molecule is C[C@@H](C(=O)NC(=O)NC1CCCCC1)[NH+]1CCN(c2ccccc2O)CC1. The molecule has 1 atom stereocenters. The molecule has 3 rings (SSSR count). The van der Waals surface area contributed by atoms with Crippen LogP contribution in [-0.4, -0.2) is 55.3 Å². The van der Waals surface area contributed by atoms with Gasteiger partial charge in [-0.05, 0) is 31.9 Å². The molecule has 1 saturated heterocycles. The number of aromatic hydroxyl groups is 1. The van der Waals surface area contributed by atoms with Crippen molar-refractivity contribution in [2.45, 2.75) is 51.1 Å². The van der Waals surface area contributed by atoms with Gasteiger partial charge in [-0.15, -0.1) is 0 Å². The highest BCUT2D eigenvalue weighted by atomic mass is 16.3. The van der Waals surface area contributed by atoms with Crippen LogP contribution in [0, 0.1) is 0 Å². The fourth-order valence-corrected chi connectivity index (χ4v) is 4.07. The fraction of sp³-hybridized carbons (Fsp3) is 0.600. The number of hydrogen-bond acceptors (Lipinski definition) is 4. The summed E-state index contributed by atoms with van der Waals surface area (Å²) in [7, 11) is 0. The zero-order chi connectivity index (χ0) is 19.2. The molecule has 0 radical (unpaired) electrons. The lowest BCUT2D eigenvalue weighted by Crippen LogP contribution is -3.19. The number of nitrogens with one attached hydrogen (secondary N) is 3. The Kier molecular flexibility index (Phi) is 6.55. The molecule has 3 amide bonds. The van der Waals surface area contributed by atoms with Crippen molar-refractivity contribution in [3.63, 3.8) is 0 Å². The van der Waals surface area contributed by atoms with E-state index >= 15 is 0 Å². The summed E-state index contributed by atoms with van der Waals surface area (Å²) in [5.74, 6) is 0.0560. The van der Waals surface area contributed by atoms with Crippen LogP contribution in [0.2, 0.25) is 0 Å². The molecule has 1 aliphatic heterocycles. The topological polar surface area (TPSA) is 86.1 Å². The molecule has 2 aliphatic rings. The van der Waals surface area contributed by atoms with Crippen molar-refractivity contribution in [2.75, 3.05) is 31.1 Å². The van der Waals surface area contributed by atoms with E-state index in [-0.39, 0.29) is 29.8 Å². The van der Waals surface area contributed by atoms with E-state index in [2.05, 4.69) is 15.5 Å². The number of amides is 3. The molecule has 2 fully saturated rings. The van der Waals surface area contributed by atoms with Crippen molar-refractivity contribution >= 4 is 17.6 Å². The summed E-state index contributed by atoms with van der Waals surface area (Å²) in [6.45, 7) is 4.96. The first-order valence-electron chi connectivity index (χ1n) is 10.0. The van der Waals surface area contributed by atoms with Crippen LogP contribution >= 0.6 is 0 Å². The van der Waals surface area contributed by atoms with Gasteiger partial charge >= 0.3 is 6.03 Å². The number of phenolic OH excluding ortho intramolecular Hbond substituents is 1. The minimum Gasteiger partial charge on any atom is -0.506 e. The van der Waals surface area contributed by atoms with E-state index in [1.165, 1.54) is 6.42 Å². The molecule has 1 heterocycles. The third-order valence-corrected chi connectivity index (χ3v) is 5.81. The van der Waals surface area contributed by atoms with Gasteiger partial charge < -0.3 is 20.2 Å². The van der Waals surface area contributed by atoms with E-state index in [4.69, 9.17) is 0 Å². The molecule has 0 spiro atoms. The summed E-state index contributed by atoms with van der Waals surface area (Å²) < 4.78 is 0. The number of carbonyl (C=O) groups excluding carboxylic acids is 2. The molecular formula is C20H31N4O3+. The Labute approximate surface area is 160 Å². The largest absolute Gasteiger partial charge is 0.506 e. The maximum Gasteiger partial charge on any atom is 0.321 e. The van der Waals surface area contributed by atoms with Crippen molar-refractivity contribution < 1.29 is 19.6 Å². The Bertz CT molecular complexity index is 652. The first kappa shape index (κ1) is 19.5. The van der Waals surface area contributed by atoms with Gasteiger partial charge in [0.1, 0.15) is 5.75 Å². The molecule has 0 unspecified atom stereocenters. The summed E-state index contributed by atoms with van der Waals surface area (Å²) in [6, 6.07) is 6.86. The van der Waals surface area contributed by atoms with Crippen molar-refractivity contribution in [3.8, 4) is 5.75 Å². The van der Waals surface area contributed by atoms with Gasteiger partial charge in [0.15, 0.2) is 6.04 Å². The number of hydrogen-bond donors (Lipinski definition) is 4. The van der Waals surface area contributed by atoms with E-state index in [9.17, 15) is 14.7 Å². The smallest absolute Gasteiger partial charge is 0.321 e. The maximum atomic E-state index is 12.5. The zero-order valence-corrected chi connectivity index (χ0v) is 16.0. The molecule has 7 nitrogen and oxygen atoms in total. The molecule has 1 aromatic carbocycles. The molecular weight excluding hydrogens is 344 g/mol. The first-order valence-corrected chi connectivity index (χ1v) is 10.0. The standard InChI is InChI=1S/C20H30N4O3/c1-15(19(26)22-20(27)21-16-7-3-2-4-8-16)23-11-13-24(14-12-23)17-9-5-6-10-18(17)25/h5-6,9-10,15-16,25H,2-4,7-8,11-14H2,1H3,(H2,21,22,26,27)/p+1/t15-/m0/s1. The normalized spacial score (nSPS) is 20.1. The average Bonchev–Trinajstić information content (AvgIpc) is 2.68. The molecule has 148 valence electrons. The number of imide groups is 1. The quantitative estimate of drug-likeness (QED) is 0.622. The van der Waals surface area contributed by atoms with Gasteiger partial charge in [-0.1, -0.05) is 31.4 Å². The zero-order valence-electron chi connectivity index (χ0n) is 16.0. The molecule has 1 aliphatic carbocycles. The third-order valence-electron chi connectivity index (χ3n) is 5.81. The van der Waals surface area contributed by atoms with E-state index in [0.29, 0.717) is 0 Å². The summed E-state index contributed by atoms with van der Waals surface area (Å²) in [4.78, 5) is 27.8. The van der Waals surface area contributed by atoms with E-state index < -0.39 is 0 Å². The Morgan fingerprint density at radius 1 is 1.15 bits per heavy atom. The monoisotopic (exact) mass is 375 g/mol. The number of nitrogens with zero attached hydrogens (tertiary/aromatic N) is 1. The van der Waals surface area contributed by atoms with Gasteiger partial charge in [0.05, 0.1) is 31.9 Å². The lowest BCUT2D eigenvalue weighted by molar-refractivity contribution is -0.914. The van der Waals surface area contributed by atoms with Gasteiger partial charge in [0.2, 0.25) is 0 Å². The van der Waals surface area contributed by atoms with E-state index in [1.54, 1.807) is 6.07 Å². The number of benzene rings is 1. The third kappa shape index (κ3) is 5.13. The number of rotatable bonds is 4. The highest BCUT2D eigenvalue weighted by Gasteiger charge is 2.31. The highest BCUT2D eigenvalue weighted by Crippen LogP contribution is 2.26. The molecule has 4 N–H and O–H groups in total. The number of carbonyl (C=O) groups is 2. The van der Waals surface area contributed by atoms with Crippen molar-refractivity contribution in [2.24, 2.45) is 0 Å². The first-order chi connectivity index (χ1) is 13.0. The van der Waals surface area contributed by atoms with Crippen LogP contribution in [0.1, 0.15) is 39.0 Å². The minimum absolute atomic E-state index is 0.191. The lowest BCUT2D eigenvalue weighted by atomic mass is 9.96. The van der Waals surface area contributed by atoms with Gasteiger partial charge in [0.25, 0.3) is 5.91 Å².